The van der Waals surface area contributed by atoms with Gasteiger partial charge in [0.1, 0.15) is 12.1 Å². The standard InChI is InChI=1S/C17H24N3O7PS/c1-20-10-11(12-5-3-4-6-15(12)20)9-14(17(22)23)18-16(21)13(7-8-29-2)19-27-28(24,25)26/h3-6,10,13-14,19H,7-9H2,1-2H3,(H,18,21)(H,22,23)(H2,24,25,26)/t13-,14+/m0/s1. The van der Waals surface area contributed by atoms with E-state index in [0.717, 1.165) is 16.5 Å². The number of thioether (sulfide) groups is 1. The Hall–Kier alpha value is -1.88. The quantitative estimate of drug-likeness (QED) is 0.252. The molecular formula is C17H24N3O7PS. The minimum atomic E-state index is -4.84. The molecule has 10 nitrogen and oxygen atoms in total. The van der Waals surface area contributed by atoms with Crippen molar-refractivity contribution in [3.63, 3.8) is 0 Å². The molecule has 1 heterocycles. The van der Waals surface area contributed by atoms with Crippen molar-refractivity contribution < 1.29 is 33.7 Å². The summed E-state index contributed by atoms with van der Waals surface area (Å²) in [6.07, 6.45) is 3.86. The molecule has 0 saturated carbocycles. The normalized spacial score (nSPS) is 13.9. The fourth-order valence-corrected chi connectivity index (χ4v) is 3.63. The second-order valence-corrected chi connectivity index (χ2v) is 8.57. The summed E-state index contributed by atoms with van der Waals surface area (Å²) in [5.41, 5.74) is 3.75. The van der Waals surface area contributed by atoms with Crippen molar-refractivity contribution in [2.45, 2.75) is 24.9 Å². The highest BCUT2D eigenvalue weighted by atomic mass is 32.2. The van der Waals surface area contributed by atoms with Crippen molar-refractivity contribution in [2.24, 2.45) is 7.05 Å². The first-order chi connectivity index (χ1) is 13.6. The number of hydroxylamine groups is 1. The van der Waals surface area contributed by atoms with Gasteiger partial charge in [0.2, 0.25) is 5.91 Å². The van der Waals surface area contributed by atoms with Gasteiger partial charge in [0, 0.05) is 30.6 Å². The first-order valence-electron chi connectivity index (χ1n) is 8.67. The number of nitrogens with zero attached hydrogens (tertiary/aromatic N) is 1. The summed E-state index contributed by atoms with van der Waals surface area (Å²) in [5, 5.41) is 12.9. The molecule has 29 heavy (non-hydrogen) atoms. The number of carbonyl (C=O) groups excluding carboxylic acids is 1. The number of hydrogen-bond donors (Lipinski definition) is 5. The van der Waals surface area contributed by atoms with E-state index in [-0.39, 0.29) is 12.8 Å². The van der Waals surface area contributed by atoms with Gasteiger partial charge in [-0.3, -0.25) is 4.79 Å². The number of phosphoric acid groups is 1. The van der Waals surface area contributed by atoms with Crippen molar-refractivity contribution in [3.05, 3.63) is 36.0 Å². The van der Waals surface area contributed by atoms with E-state index in [1.54, 1.807) is 6.26 Å². The number of nitrogens with one attached hydrogen (secondary N) is 2. The van der Waals surface area contributed by atoms with E-state index in [1.807, 2.05) is 42.1 Å². The second-order valence-electron chi connectivity index (χ2n) is 6.42. The van der Waals surface area contributed by atoms with Crippen LogP contribution in [0.1, 0.15) is 12.0 Å². The zero-order chi connectivity index (χ0) is 21.6. The first kappa shape index (κ1) is 23.4. The van der Waals surface area contributed by atoms with Crippen LogP contribution in [-0.4, -0.2) is 55.4 Å². The maximum absolute atomic E-state index is 12.6. The van der Waals surface area contributed by atoms with E-state index >= 15 is 0 Å². The lowest BCUT2D eigenvalue weighted by molar-refractivity contribution is -0.142. The van der Waals surface area contributed by atoms with E-state index in [4.69, 9.17) is 9.79 Å². The van der Waals surface area contributed by atoms with Crippen LogP contribution in [0.25, 0.3) is 10.9 Å². The molecule has 1 amide bonds. The predicted octanol–water partition coefficient (Wildman–Crippen LogP) is 1.03. The summed E-state index contributed by atoms with van der Waals surface area (Å²) in [5.74, 6) is -1.44. The van der Waals surface area contributed by atoms with Gasteiger partial charge in [0.05, 0.1) is 0 Å². The summed E-state index contributed by atoms with van der Waals surface area (Å²) in [4.78, 5) is 42.0. The monoisotopic (exact) mass is 445 g/mol. The van der Waals surface area contributed by atoms with Gasteiger partial charge in [-0.15, -0.1) is 0 Å². The predicted molar refractivity (Wildman–Crippen MR) is 109 cm³/mol. The summed E-state index contributed by atoms with van der Waals surface area (Å²) in [6.45, 7) is 0. The lowest BCUT2D eigenvalue weighted by Gasteiger charge is -2.21. The van der Waals surface area contributed by atoms with Crippen molar-refractivity contribution >= 4 is 42.4 Å². The minimum absolute atomic E-state index is 0.0526. The smallest absolute Gasteiger partial charge is 0.480 e. The van der Waals surface area contributed by atoms with E-state index in [9.17, 15) is 19.3 Å². The average Bonchev–Trinajstić information content (AvgIpc) is 2.96. The summed E-state index contributed by atoms with van der Waals surface area (Å²) in [7, 11) is -2.99. The Morgan fingerprint density at radius 2 is 1.97 bits per heavy atom. The van der Waals surface area contributed by atoms with Gasteiger partial charge < -0.3 is 24.8 Å². The molecule has 0 bridgehead atoms. The largest absolute Gasteiger partial charge is 0.486 e. The van der Waals surface area contributed by atoms with Crippen LogP contribution in [-0.2, 0) is 32.2 Å². The number of aryl methyl sites for hydroxylation is 1. The van der Waals surface area contributed by atoms with Crippen LogP contribution >= 0.6 is 19.6 Å². The van der Waals surface area contributed by atoms with Crippen LogP contribution in [0.4, 0.5) is 0 Å². The van der Waals surface area contributed by atoms with E-state index in [1.165, 1.54) is 11.8 Å². The highest BCUT2D eigenvalue weighted by Gasteiger charge is 2.28. The minimum Gasteiger partial charge on any atom is -0.480 e. The highest BCUT2D eigenvalue weighted by Crippen LogP contribution is 2.34. The van der Waals surface area contributed by atoms with Crippen molar-refractivity contribution in [1.29, 1.82) is 0 Å². The number of carboxylic acid groups (broad SMARTS) is 1. The molecule has 0 spiro atoms. The van der Waals surface area contributed by atoms with Gasteiger partial charge in [-0.05, 0) is 30.1 Å². The SMILES string of the molecule is CSCC[C@H](NOP(=O)(O)O)C(=O)N[C@H](Cc1cn(C)c2ccccc12)C(=O)O. The molecule has 0 aliphatic rings. The second kappa shape index (κ2) is 10.2. The van der Waals surface area contributed by atoms with Crippen molar-refractivity contribution in [2.75, 3.05) is 12.0 Å². The number of aliphatic carboxylic acids is 1. The third-order valence-corrected chi connectivity index (χ3v) is 5.25. The Kier molecular flexibility index (Phi) is 8.26. The fourth-order valence-electron chi connectivity index (χ4n) is 2.89. The van der Waals surface area contributed by atoms with Crippen LogP contribution in [0, 0.1) is 0 Å². The Labute approximate surface area is 171 Å². The molecule has 1 aromatic carbocycles. The van der Waals surface area contributed by atoms with Crippen LogP contribution in [0.2, 0.25) is 0 Å². The maximum atomic E-state index is 12.6. The number of aromatic nitrogens is 1. The molecule has 2 aromatic rings. The molecule has 0 radical (unpaired) electrons. The number of rotatable bonds is 11. The topological polar surface area (TPSA) is 150 Å². The first-order valence-corrected chi connectivity index (χ1v) is 11.6. The lowest BCUT2D eigenvalue weighted by Crippen LogP contribution is -2.51. The molecule has 2 atom stereocenters. The fraction of sp³-hybridized carbons (Fsp3) is 0.412. The van der Waals surface area contributed by atoms with Crippen LogP contribution in [0.5, 0.6) is 0 Å². The molecule has 0 fully saturated rings. The maximum Gasteiger partial charge on any atom is 0.486 e. The zero-order valence-corrected chi connectivity index (χ0v) is 17.7. The van der Waals surface area contributed by atoms with E-state index in [2.05, 4.69) is 15.4 Å². The van der Waals surface area contributed by atoms with Gasteiger partial charge in [0.15, 0.2) is 0 Å². The van der Waals surface area contributed by atoms with E-state index < -0.39 is 31.8 Å². The molecule has 12 heteroatoms. The highest BCUT2D eigenvalue weighted by molar-refractivity contribution is 7.98. The van der Waals surface area contributed by atoms with Crippen LogP contribution < -0.4 is 10.8 Å². The Morgan fingerprint density at radius 1 is 1.28 bits per heavy atom. The number of carbonyl (C=O) groups is 2. The molecule has 0 aliphatic heterocycles. The molecular weight excluding hydrogens is 421 g/mol. The molecule has 0 saturated heterocycles. The molecule has 1 aromatic heterocycles. The van der Waals surface area contributed by atoms with Gasteiger partial charge >= 0.3 is 13.8 Å². The van der Waals surface area contributed by atoms with Gasteiger partial charge in [-0.25, -0.2) is 9.36 Å². The Balaban J connectivity index is 2.15. The molecule has 5 N–H and O–H groups in total. The third-order valence-electron chi connectivity index (χ3n) is 4.26. The molecule has 160 valence electrons. The number of fused-ring (bicyclic) bond motifs is 1. The van der Waals surface area contributed by atoms with Gasteiger partial charge in [-0.1, -0.05) is 18.2 Å². The summed E-state index contributed by atoms with van der Waals surface area (Å²) < 4.78 is 17.0. The number of benzene rings is 1. The number of carboxylic acids is 1. The van der Waals surface area contributed by atoms with Crippen molar-refractivity contribution in [1.82, 2.24) is 15.4 Å². The van der Waals surface area contributed by atoms with Crippen LogP contribution in [0.3, 0.4) is 0 Å². The van der Waals surface area contributed by atoms with E-state index in [0.29, 0.717) is 5.75 Å². The number of hydrogen-bond acceptors (Lipinski definition) is 6. The lowest BCUT2D eigenvalue weighted by atomic mass is 10.0. The average molecular weight is 445 g/mol. The zero-order valence-electron chi connectivity index (χ0n) is 15.9. The third kappa shape index (κ3) is 6.84. The number of para-hydroxylation sites is 1. The summed E-state index contributed by atoms with van der Waals surface area (Å²) >= 11 is 1.42. The summed E-state index contributed by atoms with van der Waals surface area (Å²) in [6, 6.07) is 5.18. The number of amides is 1. The van der Waals surface area contributed by atoms with Crippen molar-refractivity contribution in [3.8, 4) is 0 Å². The molecule has 0 aliphatic carbocycles. The molecule has 0 unspecified atom stereocenters. The van der Waals surface area contributed by atoms with Gasteiger partial charge in [-0.2, -0.15) is 21.9 Å². The molecule has 2 rings (SSSR count). The van der Waals surface area contributed by atoms with Gasteiger partial charge in [0.25, 0.3) is 0 Å². The Bertz CT molecular complexity index is 914. The van der Waals surface area contributed by atoms with Crippen LogP contribution in [0.15, 0.2) is 30.5 Å². The Morgan fingerprint density at radius 3 is 2.59 bits per heavy atom.